The molecule has 0 spiro atoms. The lowest BCUT2D eigenvalue weighted by atomic mass is 10.2. The number of fused-ring (bicyclic) bond motifs is 1. The average molecular weight is 219 g/mol. The van der Waals surface area contributed by atoms with E-state index in [4.69, 9.17) is 4.74 Å². The summed E-state index contributed by atoms with van der Waals surface area (Å²) in [5, 5.41) is 9.41. The first kappa shape index (κ1) is 10.5. The van der Waals surface area contributed by atoms with Crippen molar-refractivity contribution in [3.63, 3.8) is 0 Å². The summed E-state index contributed by atoms with van der Waals surface area (Å²) < 4.78 is 5.27. The van der Waals surface area contributed by atoms with Crippen LogP contribution in [-0.4, -0.2) is 24.2 Å². The van der Waals surface area contributed by atoms with Crippen LogP contribution in [0.15, 0.2) is 30.4 Å². The Bertz CT molecular complexity index is 454. The molecule has 0 bridgehead atoms. The summed E-state index contributed by atoms with van der Waals surface area (Å²) in [7, 11) is 0. The minimum atomic E-state index is -0.124. The van der Waals surface area contributed by atoms with E-state index >= 15 is 0 Å². The number of carbonyl (C=O) groups excluding carboxylic acids is 1. The maximum atomic E-state index is 11.7. The number of hydrogen-bond acceptors (Lipinski definition) is 3. The van der Waals surface area contributed by atoms with Gasteiger partial charge in [-0.05, 0) is 19.1 Å². The van der Waals surface area contributed by atoms with Crippen molar-refractivity contribution in [2.24, 2.45) is 0 Å². The third kappa shape index (κ3) is 1.86. The fourth-order valence-corrected chi connectivity index (χ4v) is 1.63. The van der Waals surface area contributed by atoms with Gasteiger partial charge in [0.05, 0.1) is 5.69 Å². The molecule has 0 aliphatic carbocycles. The standard InChI is InChI=1S/C12H13NO3/c1-8(2)6-13-10-5-9(14)3-4-11(10)16-7-12(13)15/h3-5,14H,1,6-7H2,2H3. The lowest BCUT2D eigenvalue weighted by molar-refractivity contribution is -0.121. The average Bonchev–Trinajstić information content (AvgIpc) is 2.22. The number of phenolic OH excluding ortho intramolecular Hbond substituents is 1. The zero-order valence-corrected chi connectivity index (χ0v) is 9.06. The van der Waals surface area contributed by atoms with Crippen LogP contribution in [0.5, 0.6) is 11.5 Å². The Kier molecular flexibility index (Phi) is 2.56. The third-order valence-electron chi connectivity index (χ3n) is 2.31. The lowest BCUT2D eigenvalue weighted by Crippen LogP contribution is -2.39. The number of benzene rings is 1. The number of carbonyl (C=O) groups is 1. The summed E-state index contributed by atoms with van der Waals surface area (Å²) >= 11 is 0. The maximum Gasteiger partial charge on any atom is 0.265 e. The third-order valence-corrected chi connectivity index (χ3v) is 2.31. The van der Waals surface area contributed by atoms with E-state index in [-0.39, 0.29) is 18.3 Å². The van der Waals surface area contributed by atoms with Crippen molar-refractivity contribution in [1.29, 1.82) is 0 Å². The Balaban J connectivity index is 2.42. The van der Waals surface area contributed by atoms with Crippen LogP contribution in [0, 0.1) is 0 Å². The van der Waals surface area contributed by atoms with Gasteiger partial charge in [-0.1, -0.05) is 12.2 Å². The fraction of sp³-hybridized carbons (Fsp3) is 0.250. The first-order chi connectivity index (χ1) is 7.58. The second-order valence-electron chi connectivity index (χ2n) is 3.88. The number of aromatic hydroxyl groups is 1. The predicted molar refractivity (Wildman–Crippen MR) is 60.8 cm³/mol. The number of rotatable bonds is 2. The molecule has 1 aromatic carbocycles. The largest absolute Gasteiger partial charge is 0.508 e. The molecule has 0 saturated carbocycles. The summed E-state index contributed by atoms with van der Waals surface area (Å²) in [6.07, 6.45) is 0. The van der Waals surface area contributed by atoms with E-state index in [1.54, 1.807) is 11.0 Å². The van der Waals surface area contributed by atoms with E-state index in [1.165, 1.54) is 12.1 Å². The Labute approximate surface area is 93.8 Å². The minimum Gasteiger partial charge on any atom is -0.508 e. The van der Waals surface area contributed by atoms with Crippen molar-refractivity contribution in [2.75, 3.05) is 18.1 Å². The number of ether oxygens (including phenoxy) is 1. The van der Waals surface area contributed by atoms with Gasteiger partial charge in [0.25, 0.3) is 5.91 Å². The fourth-order valence-electron chi connectivity index (χ4n) is 1.63. The Morgan fingerprint density at radius 1 is 1.62 bits per heavy atom. The summed E-state index contributed by atoms with van der Waals surface area (Å²) in [6.45, 7) is 6.11. The van der Waals surface area contributed by atoms with Gasteiger partial charge in [0.15, 0.2) is 6.61 Å². The van der Waals surface area contributed by atoms with E-state index < -0.39 is 0 Å². The van der Waals surface area contributed by atoms with Gasteiger partial charge >= 0.3 is 0 Å². The monoisotopic (exact) mass is 219 g/mol. The first-order valence-corrected chi connectivity index (χ1v) is 4.98. The molecule has 2 rings (SSSR count). The topological polar surface area (TPSA) is 49.8 Å². The summed E-state index contributed by atoms with van der Waals surface area (Å²) in [5.41, 5.74) is 1.48. The van der Waals surface area contributed by atoms with Gasteiger partial charge in [0, 0.05) is 12.6 Å². The molecule has 1 amide bonds. The van der Waals surface area contributed by atoms with Crippen molar-refractivity contribution in [3.8, 4) is 11.5 Å². The van der Waals surface area contributed by atoms with Gasteiger partial charge in [-0.15, -0.1) is 0 Å². The Morgan fingerprint density at radius 2 is 2.38 bits per heavy atom. The number of hydrogen-bond donors (Lipinski definition) is 1. The van der Waals surface area contributed by atoms with E-state index in [9.17, 15) is 9.90 Å². The highest BCUT2D eigenvalue weighted by Gasteiger charge is 2.25. The number of phenols is 1. The van der Waals surface area contributed by atoms with Crippen LogP contribution >= 0.6 is 0 Å². The molecule has 1 aromatic rings. The lowest BCUT2D eigenvalue weighted by Gasteiger charge is -2.29. The zero-order chi connectivity index (χ0) is 11.7. The van der Waals surface area contributed by atoms with Crippen LogP contribution in [0.4, 0.5) is 5.69 Å². The summed E-state index contributed by atoms with van der Waals surface area (Å²) in [4.78, 5) is 13.3. The van der Waals surface area contributed by atoms with Crippen molar-refractivity contribution in [3.05, 3.63) is 30.4 Å². The van der Waals surface area contributed by atoms with Crippen LogP contribution in [0.2, 0.25) is 0 Å². The first-order valence-electron chi connectivity index (χ1n) is 4.98. The molecule has 0 saturated heterocycles. The van der Waals surface area contributed by atoms with Crippen molar-refractivity contribution in [2.45, 2.75) is 6.92 Å². The highest BCUT2D eigenvalue weighted by atomic mass is 16.5. The molecule has 0 unspecified atom stereocenters. The molecular weight excluding hydrogens is 206 g/mol. The Morgan fingerprint density at radius 3 is 3.06 bits per heavy atom. The second-order valence-corrected chi connectivity index (χ2v) is 3.88. The molecule has 1 N–H and O–H groups in total. The van der Waals surface area contributed by atoms with Crippen LogP contribution in [-0.2, 0) is 4.79 Å². The highest BCUT2D eigenvalue weighted by Crippen LogP contribution is 2.35. The smallest absolute Gasteiger partial charge is 0.265 e. The molecular formula is C12H13NO3. The molecule has 1 heterocycles. The van der Waals surface area contributed by atoms with Gasteiger partial charge in [0.1, 0.15) is 11.5 Å². The minimum absolute atomic E-state index is 0.0328. The predicted octanol–water partition coefficient (Wildman–Crippen LogP) is 1.69. The van der Waals surface area contributed by atoms with Crippen molar-refractivity contribution >= 4 is 11.6 Å². The van der Waals surface area contributed by atoms with Gasteiger partial charge in [-0.2, -0.15) is 0 Å². The van der Waals surface area contributed by atoms with Crippen LogP contribution in [0.1, 0.15) is 6.92 Å². The highest BCUT2D eigenvalue weighted by molar-refractivity contribution is 5.98. The maximum absolute atomic E-state index is 11.7. The summed E-state index contributed by atoms with van der Waals surface area (Å²) in [6, 6.07) is 4.71. The van der Waals surface area contributed by atoms with Crippen molar-refractivity contribution < 1.29 is 14.6 Å². The summed E-state index contributed by atoms with van der Waals surface area (Å²) in [5.74, 6) is 0.600. The van der Waals surface area contributed by atoms with Gasteiger partial charge in [0.2, 0.25) is 0 Å². The van der Waals surface area contributed by atoms with Crippen LogP contribution in [0.3, 0.4) is 0 Å². The van der Waals surface area contributed by atoms with Gasteiger partial charge < -0.3 is 14.7 Å². The van der Waals surface area contributed by atoms with E-state index in [0.29, 0.717) is 18.0 Å². The zero-order valence-electron chi connectivity index (χ0n) is 9.06. The molecule has 0 fully saturated rings. The quantitative estimate of drug-likeness (QED) is 0.770. The van der Waals surface area contributed by atoms with Crippen LogP contribution in [0.25, 0.3) is 0 Å². The molecule has 1 aliphatic rings. The van der Waals surface area contributed by atoms with E-state index in [2.05, 4.69) is 6.58 Å². The normalized spacial score (nSPS) is 14.3. The molecule has 0 radical (unpaired) electrons. The Hall–Kier alpha value is -1.97. The molecule has 16 heavy (non-hydrogen) atoms. The SMILES string of the molecule is C=C(C)CN1C(=O)COc2ccc(O)cc21. The molecule has 0 aromatic heterocycles. The van der Waals surface area contributed by atoms with Gasteiger partial charge in [-0.3, -0.25) is 4.79 Å². The van der Waals surface area contributed by atoms with E-state index in [1.807, 2.05) is 6.92 Å². The number of nitrogens with zero attached hydrogens (tertiary/aromatic N) is 1. The number of anilines is 1. The van der Waals surface area contributed by atoms with Gasteiger partial charge in [-0.25, -0.2) is 0 Å². The molecule has 84 valence electrons. The number of amides is 1. The van der Waals surface area contributed by atoms with E-state index in [0.717, 1.165) is 5.57 Å². The molecule has 0 atom stereocenters. The molecule has 4 heteroatoms. The van der Waals surface area contributed by atoms with Crippen LogP contribution < -0.4 is 9.64 Å². The second kappa shape index (κ2) is 3.89. The van der Waals surface area contributed by atoms with Crippen molar-refractivity contribution in [1.82, 2.24) is 0 Å². The molecule has 1 aliphatic heterocycles. The molecule has 4 nitrogen and oxygen atoms in total.